The predicted octanol–water partition coefficient (Wildman–Crippen LogP) is 10.8. The first-order valence-corrected chi connectivity index (χ1v) is 18.0. The molecule has 2 aromatic carbocycles. The molecule has 0 atom stereocenters. The number of ether oxygens (including phenoxy) is 3. The fraction of sp³-hybridized carbons (Fsp3) is 0.650. The van der Waals surface area contributed by atoms with Gasteiger partial charge in [-0.2, -0.15) is 0 Å². The van der Waals surface area contributed by atoms with E-state index in [0.29, 0.717) is 43.6 Å². The van der Waals surface area contributed by atoms with E-state index in [2.05, 4.69) is 0 Å². The highest BCUT2D eigenvalue weighted by molar-refractivity contribution is 5.85. The lowest BCUT2D eigenvalue weighted by Crippen LogP contribution is -2.26. The zero-order valence-corrected chi connectivity index (χ0v) is 32.5. The van der Waals surface area contributed by atoms with Gasteiger partial charge in [0.1, 0.15) is 11.5 Å². The first kappa shape index (κ1) is 46.4. The largest absolute Gasteiger partial charge is 0.507 e. The molecule has 270 valence electrons. The van der Waals surface area contributed by atoms with Crippen LogP contribution in [0.25, 0.3) is 0 Å². The van der Waals surface area contributed by atoms with Crippen molar-refractivity contribution >= 4 is 12.4 Å². The first-order chi connectivity index (χ1) is 22.4. The Morgan fingerprint density at radius 1 is 0.681 bits per heavy atom. The third kappa shape index (κ3) is 15.8. The zero-order valence-electron chi connectivity index (χ0n) is 32.5. The van der Waals surface area contributed by atoms with Crippen molar-refractivity contribution in [3.63, 3.8) is 0 Å². The van der Waals surface area contributed by atoms with Crippen molar-refractivity contribution in [2.75, 3.05) is 26.4 Å². The molecule has 0 saturated heterocycles. The van der Waals surface area contributed by atoms with Crippen LogP contribution in [0.2, 0.25) is 0 Å². The molecule has 3 rings (SSSR count). The molecule has 0 heterocycles. The number of hydrogen-bond acceptors (Lipinski definition) is 7. The lowest BCUT2D eigenvalue weighted by Gasteiger charge is -2.28. The van der Waals surface area contributed by atoms with E-state index in [1.54, 1.807) is 6.07 Å². The van der Waals surface area contributed by atoms with Crippen LogP contribution in [0.4, 0.5) is 0 Å². The van der Waals surface area contributed by atoms with E-state index >= 15 is 0 Å². The van der Waals surface area contributed by atoms with Gasteiger partial charge in [0.2, 0.25) is 0 Å². The summed E-state index contributed by atoms with van der Waals surface area (Å²) in [5.41, 5.74) is 3.14. The van der Waals surface area contributed by atoms with Crippen molar-refractivity contribution < 1.29 is 24.4 Å². The molecule has 0 unspecified atom stereocenters. The van der Waals surface area contributed by atoms with Crippen LogP contribution in [0.3, 0.4) is 0 Å². The molecule has 2 aromatic rings. The van der Waals surface area contributed by atoms with Gasteiger partial charge in [-0.1, -0.05) is 74.7 Å². The fourth-order valence-electron chi connectivity index (χ4n) is 5.12. The molecule has 1 fully saturated rings. The summed E-state index contributed by atoms with van der Waals surface area (Å²) >= 11 is 0. The number of aryl methyl sites for hydroxylation is 2. The molecule has 0 aliphatic heterocycles. The topological polar surface area (TPSA) is 104 Å². The minimum atomic E-state index is -0.740. The van der Waals surface area contributed by atoms with Crippen molar-refractivity contribution in [3.8, 4) is 11.5 Å². The van der Waals surface area contributed by atoms with Crippen molar-refractivity contribution in [3.05, 3.63) is 57.6 Å². The van der Waals surface area contributed by atoms with E-state index in [4.69, 9.17) is 24.6 Å². The van der Waals surface area contributed by atoms with Crippen LogP contribution < -0.4 is 0 Å². The summed E-state index contributed by atoms with van der Waals surface area (Å²) in [4.78, 5) is 4.76. The van der Waals surface area contributed by atoms with Gasteiger partial charge < -0.3 is 29.8 Å². The molecule has 0 amide bonds. The molecule has 0 radical (unpaired) electrons. The van der Waals surface area contributed by atoms with Crippen LogP contribution >= 0.6 is 0 Å². The number of aromatic hydroxyl groups is 2. The second-order valence-corrected chi connectivity index (χ2v) is 11.5. The van der Waals surface area contributed by atoms with Gasteiger partial charge in [0.25, 0.3) is 0 Å². The van der Waals surface area contributed by atoms with Gasteiger partial charge in [-0.3, -0.25) is 4.99 Å². The molecule has 7 heteroatoms. The third-order valence-electron chi connectivity index (χ3n) is 7.40. The Morgan fingerprint density at radius 3 is 1.51 bits per heavy atom. The first-order valence-electron chi connectivity index (χ1n) is 18.0. The summed E-state index contributed by atoms with van der Waals surface area (Å²) in [5.74, 6) is 0.284. The number of phenols is 2. The summed E-state index contributed by atoms with van der Waals surface area (Å²) in [6.07, 6.45) is 8.95. The number of benzene rings is 2. The Balaban J connectivity index is 0. The number of hydrogen-bond donors (Lipinski definition) is 3. The average molecular weight is 659 g/mol. The van der Waals surface area contributed by atoms with E-state index in [-0.39, 0.29) is 11.5 Å². The maximum absolute atomic E-state index is 11.0. The lowest BCUT2D eigenvalue weighted by molar-refractivity contribution is -0.0753. The van der Waals surface area contributed by atoms with E-state index in [0.717, 1.165) is 41.3 Å². The monoisotopic (exact) mass is 659 g/mol. The normalized spacial score (nSPS) is 13.1. The molecule has 1 aliphatic carbocycles. The average Bonchev–Trinajstić information content (AvgIpc) is 3.09. The van der Waals surface area contributed by atoms with Crippen molar-refractivity contribution in [2.24, 2.45) is 4.99 Å². The smallest absolute Gasteiger partial charge is 0.130 e. The number of nitrogens with zero attached hydrogens (tertiary/aromatic N) is 1. The number of aliphatic imine (C=N–C) groups is 1. The second-order valence-electron chi connectivity index (χ2n) is 11.5. The quantitative estimate of drug-likeness (QED) is 0.147. The Morgan fingerprint density at radius 2 is 1.09 bits per heavy atom. The molecule has 0 aromatic heterocycles. The van der Waals surface area contributed by atoms with Gasteiger partial charge in [-0.05, 0) is 89.8 Å². The van der Waals surface area contributed by atoms with Gasteiger partial charge in [0.15, 0.2) is 0 Å². The molecular weight excluding hydrogens is 588 g/mol. The summed E-state index contributed by atoms with van der Waals surface area (Å²) in [6.45, 7) is 29.1. The van der Waals surface area contributed by atoms with E-state index < -0.39 is 11.2 Å². The minimum Gasteiger partial charge on any atom is -0.507 e. The highest BCUT2D eigenvalue weighted by atomic mass is 16.6. The highest BCUT2D eigenvalue weighted by Crippen LogP contribution is 2.36. The maximum atomic E-state index is 11.0. The maximum Gasteiger partial charge on any atom is 0.130 e. The third-order valence-corrected chi connectivity index (χ3v) is 7.40. The second kappa shape index (κ2) is 25.3. The minimum absolute atomic E-state index is 0.0694. The summed E-state index contributed by atoms with van der Waals surface area (Å²) in [5, 5.41) is 29.1. The lowest BCUT2D eigenvalue weighted by atomic mass is 9.92. The SMILES string of the molecule is CC.CC.CC.CC.Cc1cc(C=N)c(O)c(C(C)(C)OCCOCCOC(C)(C)c2cc(C)cc(C=NC3CCCCC3)c2O)c1. The molecule has 1 saturated carbocycles. The Bertz CT molecular complexity index is 1150. The number of nitrogens with one attached hydrogen (secondary N) is 1. The van der Waals surface area contributed by atoms with Gasteiger partial charge in [-0.25, -0.2) is 0 Å². The van der Waals surface area contributed by atoms with Gasteiger partial charge >= 0.3 is 0 Å². The van der Waals surface area contributed by atoms with Crippen molar-refractivity contribution in [1.29, 1.82) is 5.41 Å². The van der Waals surface area contributed by atoms with Crippen LogP contribution in [0.15, 0.2) is 29.3 Å². The van der Waals surface area contributed by atoms with E-state index in [9.17, 15) is 10.2 Å². The van der Waals surface area contributed by atoms with Gasteiger partial charge in [0.05, 0.1) is 37.6 Å². The summed E-state index contributed by atoms with van der Waals surface area (Å²) in [6, 6.07) is 7.94. The van der Waals surface area contributed by atoms with Crippen LogP contribution in [0.1, 0.15) is 149 Å². The summed E-state index contributed by atoms with van der Waals surface area (Å²) in [7, 11) is 0. The molecule has 0 bridgehead atoms. The molecule has 47 heavy (non-hydrogen) atoms. The van der Waals surface area contributed by atoms with Crippen LogP contribution in [0, 0.1) is 19.3 Å². The summed E-state index contributed by atoms with van der Waals surface area (Å²) < 4.78 is 17.9. The Hall–Kier alpha value is -2.74. The molecular formula is C40H70N2O5. The van der Waals surface area contributed by atoms with Crippen LogP contribution in [-0.2, 0) is 25.4 Å². The van der Waals surface area contributed by atoms with Crippen molar-refractivity contribution in [1.82, 2.24) is 0 Å². The van der Waals surface area contributed by atoms with Crippen LogP contribution in [0.5, 0.6) is 11.5 Å². The zero-order chi connectivity index (χ0) is 36.6. The fourth-order valence-corrected chi connectivity index (χ4v) is 5.12. The van der Waals surface area contributed by atoms with Crippen molar-refractivity contribution in [2.45, 2.75) is 146 Å². The Labute approximate surface area is 288 Å². The standard InChI is InChI=1S/C32H46N2O5.4C2H6/c1-22-16-24(20-33)29(35)27(18-22)31(3,4)38-14-12-37-13-15-39-32(5,6)28-19-23(2)17-25(30(28)36)21-34-26-10-8-7-9-11-26;4*1-2/h16-21,26,33,35-36H,7-15H2,1-6H3;4*1-2H3. The number of phenolic OH excluding ortho intramolecular Hbond substituents is 2. The van der Waals surface area contributed by atoms with Gasteiger partial charge in [0, 0.05) is 40.7 Å². The number of rotatable bonds is 13. The van der Waals surface area contributed by atoms with Gasteiger partial charge in [-0.15, -0.1) is 0 Å². The predicted molar refractivity (Wildman–Crippen MR) is 202 cm³/mol. The molecule has 1 aliphatic rings. The molecule has 3 N–H and O–H groups in total. The van der Waals surface area contributed by atoms with E-state index in [1.807, 2.05) is 121 Å². The molecule has 0 spiro atoms. The Kier molecular flexibility index (Phi) is 25.0. The van der Waals surface area contributed by atoms with Crippen LogP contribution in [-0.4, -0.2) is 55.1 Å². The van der Waals surface area contributed by atoms with E-state index in [1.165, 1.54) is 19.3 Å². The molecule has 7 nitrogen and oxygen atoms in total. The highest BCUT2D eigenvalue weighted by Gasteiger charge is 2.28.